The van der Waals surface area contributed by atoms with Gasteiger partial charge >= 0.3 is 5.51 Å². The topological polar surface area (TPSA) is 54.4 Å². The van der Waals surface area contributed by atoms with Crippen LogP contribution in [-0.4, -0.2) is 19.0 Å². The van der Waals surface area contributed by atoms with E-state index < -0.39 is 26.0 Å². The van der Waals surface area contributed by atoms with Crippen LogP contribution >= 0.6 is 0 Å². The van der Waals surface area contributed by atoms with Crippen LogP contribution in [0.1, 0.15) is 0 Å². The number of hydrogen-bond acceptors (Lipinski definition) is 3. The largest absolute Gasteiger partial charge is 0.508 e. The molecule has 1 aromatic rings. The Labute approximate surface area is 103 Å². The van der Waals surface area contributed by atoms with E-state index in [1.54, 1.807) is 0 Å². The average molecular weight is 317 g/mol. The van der Waals surface area contributed by atoms with E-state index in [9.17, 15) is 21.6 Å². The van der Waals surface area contributed by atoms with Crippen molar-refractivity contribution in [3.63, 3.8) is 0 Å². The molecule has 0 aromatic heterocycles. The van der Waals surface area contributed by atoms with Gasteiger partial charge in [0, 0.05) is 26.2 Å². The second kappa shape index (κ2) is 4.66. The van der Waals surface area contributed by atoms with Gasteiger partial charge in [0.15, 0.2) is 0 Å². The number of phenolic OH excluding ortho intramolecular Hbond substituents is 1. The molecular weight excluding hydrogens is 312 g/mol. The molecule has 3 nitrogen and oxygen atoms in total. The normalized spacial score (nSPS) is 11.9. The summed E-state index contributed by atoms with van der Waals surface area (Å²) in [6.45, 7) is 0. The molecule has 0 bridgehead atoms. The molecule has 0 saturated carbocycles. The number of benzene rings is 1. The maximum absolute atomic E-state index is 12.0. The van der Waals surface area contributed by atoms with Gasteiger partial charge in [-0.1, -0.05) is 6.07 Å². The molecule has 1 N–H and O–H groups in total. The number of rotatable bonds is 1. The molecule has 0 saturated heterocycles. The van der Waals surface area contributed by atoms with Crippen molar-refractivity contribution in [2.75, 3.05) is 0 Å². The molecule has 0 aliphatic rings. The van der Waals surface area contributed by atoms with E-state index in [4.69, 9.17) is 5.11 Å². The second-order valence-corrected chi connectivity index (χ2v) is 4.39. The molecule has 0 atom stereocenters. The Hall–Kier alpha value is -0.357. The zero-order chi connectivity index (χ0) is 11.0. The summed E-state index contributed by atoms with van der Waals surface area (Å²) in [5.41, 5.74) is -5.35. The van der Waals surface area contributed by atoms with E-state index in [0.29, 0.717) is 6.07 Å². The molecule has 1 rings (SSSR count). The minimum atomic E-state index is -5.36. The van der Waals surface area contributed by atoms with E-state index in [-0.39, 0.29) is 26.2 Å². The summed E-state index contributed by atoms with van der Waals surface area (Å²) >= 11 is 0. The van der Waals surface area contributed by atoms with Crippen LogP contribution in [0.3, 0.4) is 0 Å². The average Bonchev–Trinajstić information content (AvgIpc) is 2.02. The first-order valence-electron chi connectivity index (χ1n) is 3.35. The van der Waals surface area contributed by atoms with Gasteiger partial charge in [0.2, 0.25) is 0 Å². The van der Waals surface area contributed by atoms with Crippen molar-refractivity contribution in [2.45, 2.75) is 10.4 Å². The van der Waals surface area contributed by atoms with Gasteiger partial charge in [0.25, 0.3) is 9.84 Å². The van der Waals surface area contributed by atoms with Gasteiger partial charge in [0.05, 0.1) is 4.90 Å². The first-order valence-corrected chi connectivity index (χ1v) is 4.84. The maximum Gasteiger partial charge on any atom is 0.501 e. The first kappa shape index (κ1) is 14.6. The molecule has 8 heteroatoms. The minimum Gasteiger partial charge on any atom is -0.508 e. The van der Waals surface area contributed by atoms with Gasteiger partial charge in [-0.25, -0.2) is 8.42 Å². The fourth-order valence-corrected chi connectivity index (χ4v) is 1.59. The van der Waals surface area contributed by atoms with Crippen LogP contribution in [0.15, 0.2) is 29.2 Å². The fraction of sp³-hybridized carbons (Fsp3) is 0.143. The van der Waals surface area contributed by atoms with Crippen LogP contribution in [0, 0.1) is 0 Å². The van der Waals surface area contributed by atoms with E-state index >= 15 is 0 Å². The van der Waals surface area contributed by atoms with Gasteiger partial charge in [-0.3, -0.25) is 0 Å². The van der Waals surface area contributed by atoms with Crippen molar-refractivity contribution in [3.05, 3.63) is 24.3 Å². The molecule has 15 heavy (non-hydrogen) atoms. The van der Waals surface area contributed by atoms with Crippen LogP contribution in [0.5, 0.6) is 5.75 Å². The Kier molecular flexibility index (Phi) is 4.54. The fourth-order valence-electron chi connectivity index (χ4n) is 0.784. The third-order valence-electron chi connectivity index (χ3n) is 1.43. The number of halogens is 3. The predicted octanol–water partition coefficient (Wildman–Crippen LogP) is 1.68. The van der Waals surface area contributed by atoms with E-state index in [2.05, 4.69) is 0 Å². The van der Waals surface area contributed by atoms with Crippen LogP contribution in [0.2, 0.25) is 0 Å². The van der Waals surface area contributed by atoms with Crippen molar-refractivity contribution >= 4 is 9.84 Å². The molecule has 0 aliphatic heterocycles. The van der Waals surface area contributed by atoms with Crippen molar-refractivity contribution in [2.24, 2.45) is 0 Å². The van der Waals surface area contributed by atoms with Crippen molar-refractivity contribution in [1.82, 2.24) is 0 Å². The van der Waals surface area contributed by atoms with E-state index in [0.717, 1.165) is 18.2 Å². The summed E-state index contributed by atoms with van der Waals surface area (Å²) in [5.74, 6) is -0.532. The van der Waals surface area contributed by atoms with E-state index in [1.807, 2.05) is 0 Å². The molecule has 0 spiro atoms. The molecule has 82 valence electrons. The van der Waals surface area contributed by atoms with E-state index in [1.165, 1.54) is 0 Å². The van der Waals surface area contributed by atoms with Gasteiger partial charge in [0.1, 0.15) is 5.75 Å². The zero-order valence-corrected chi connectivity index (χ0v) is 10.4. The molecule has 0 fully saturated rings. The summed E-state index contributed by atoms with van der Waals surface area (Å²) in [7, 11) is -5.36. The SMILES string of the molecule is O=S(=O)(c1cccc(O)c1)C(F)(F)F.[Zr]. The Balaban J connectivity index is 0.00000196. The molecule has 0 unspecified atom stereocenters. The molecular formula is C7H5F3O3SZr. The van der Waals surface area contributed by atoms with Crippen LogP contribution < -0.4 is 0 Å². The smallest absolute Gasteiger partial charge is 0.501 e. The molecule has 0 aliphatic carbocycles. The van der Waals surface area contributed by atoms with Crippen LogP contribution in [0.25, 0.3) is 0 Å². The zero-order valence-electron chi connectivity index (χ0n) is 7.12. The van der Waals surface area contributed by atoms with Crippen LogP contribution in [0.4, 0.5) is 13.2 Å². The Morgan fingerprint density at radius 2 is 1.73 bits per heavy atom. The number of hydrogen-bond donors (Lipinski definition) is 1. The van der Waals surface area contributed by atoms with Gasteiger partial charge in [-0.15, -0.1) is 0 Å². The van der Waals surface area contributed by atoms with Crippen molar-refractivity contribution in [1.29, 1.82) is 0 Å². The Bertz CT molecular complexity index is 441. The summed E-state index contributed by atoms with van der Waals surface area (Å²) in [6.07, 6.45) is 0. The minimum absolute atomic E-state index is 0. The van der Waals surface area contributed by atoms with Crippen molar-refractivity contribution in [3.8, 4) is 5.75 Å². The molecule has 0 amide bonds. The number of sulfone groups is 1. The molecule has 0 heterocycles. The number of alkyl halides is 3. The second-order valence-electron chi connectivity index (χ2n) is 2.45. The summed E-state index contributed by atoms with van der Waals surface area (Å²) < 4.78 is 57.5. The van der Waals surface area contributed by atoms with Gasteiger partial charge < -0.3 is 5.11 Å². The quantitative estimate of drug-likeness (QED) is 0.857. The van der Waals surface area contributed by atoms with Crippen molar-refractivity contribution < 1.29 is 52.9 Å². The summed E-state index contributed by atoms with van der Waals surface area (Å²) in [5, 5.41) is 8.81. The monoisotopic (exact) mass is 316 g/mol. The first-order chi connectivity index (χ1) is 6.25. The molecule has 1 aromatic carbocycles. The summed E-state index contributed by atoms with van der Waals surface area (Å²) in [6, 6.07) is 3.41. The van der Waals surface area contributed by atoms with Gasteiger partial charge in [-0.05, 0) is 18.2 Å². The Morgan fingerprint density at radius 3 is 2.13 bits per heavy atom. The Morgan fingerprint density at radius 1 is 1.20 bits per heavy atom. The maximum atomic E-state index is 12.0. The third kappa shape index (κ3) is 3.05. The predicted molar refractivity (Wildman–Crippen MR) is 41.3 cm³/mol. The molecule has 0 radical (unpaired) electrons. The summed E-state index contributed by atoms with van der Waals surface area (Å²) in [4.78, 5) is -0.968. The van der Waals surface area contributed by atoms with Gasteiger partial charge in [-0.2, -0.15) is 13.2 Å². The number of phenols is 1. The standard InChI is InChI=1S/C7H5F3O3S.Zr/c8-7(9,10)14(12,13)6-3-1-2-5(11)4-6;/h1-4,11H;. The van der Waals surface area contributed by atoms with Crippen LogP contribution in [-0.2, 0) is 36.0 Å². The third-order valence-corrected chi connectivity index (χ3v) is 2.92. The number of aromatic hydroxyl groups is 1.